The number of benzene rings is 1. The largest absolute Gasteiger partial charge is 0.369 e. The predicted octanol–water partition coefficient (Wildman–Crippen LogP) is 3.57. The van der Waals surface area contributed by atoms with Gasteiger partial charge in [-0.25, -0.2) is 0 Å². The van der Waals surface area contributed by atoms with Gasteiger partial charge in [-0.1, -0.05) is 36.2 Å². The molecular formula is C18H26Cl2N2O2. The van der Waals surface area contributed by atoms with Gasteiger partial charge < -0.3 is 15.4 Å². The summed E-state index contributed by atoms with van der Waals surface area (Å²) in [6.45, 7) is 3.14. The molecule has 1 saturated carbocycles. The number of nitrogens with two attached hydrogens (primary N) is 1. The van der Waals surface area contributed by atoms with Gasteiger partial charge >= 0.3 is 0 Å². The molecule has 0 bridgehead atoms. The first kappa shape index (κ1) is 19.5. The van der Waals surface area contributed by atoms with Crippen LogP contribution in [-0.4, -0.2) is 36.0 Å². The number of ether oxygens (including phenoxy) is 1. The summed E-state index contributed by atoms with van der Waals surface area (Å²) in [5, 5.41) is 0.692. The van der Waals surface area contributed by atoms with Gasteiger partial charge in [0.1, 0.15) is 6.10 Å². The van der Waals surface area contributed by atoms with Crippen LogP contribution in [0.5, 0.6) is 0 Å². The quantitative estimate of drug-likeness (QED) is 0.881. The van der Waals surface area contributed by atoms with Crippen LogP contribution in [0.1, 0.15) is 44.3 Å². The number of carbonyl (C=O) groups excluding carboxylic acids is 1. The Kier molecular flexibility index (Phi) is 6.93. The fraction of sp³-hybridized carbons (Fsp3) is 0.611. The molecule has 0 radical (unpaired) electrons. The van der Waals surface area contributed by atoms with Crippen LogP contribution in [0.3, 0.4) is 0 Å². The lowest BCUT2D eigenvalue weighted by molar-refractivity contribution is -0.145. The fourth-order valence-corrected chi connectivity index (χ4v) is 3.95. The zero-order valence-corrected chi connectivity index (χ0v) is 15.6. The Morgan fingerprint density at radius 2 is 2.12 bits per heavy atom. The summed E-state index contributed by atoms with van der Waals surface area (Å²) in [4.78, 5) is 14.7. The Bertz CT molecular complexity index is 570. The van der Waals surface area contributed by atoms with E-state index in [0.29, 0.717) is 30.5 Å². The maximum Gasteiger partial charge on any atom is 0.223 e. The van der Waals surface area contributed by atoms with Gasteiger partial charge in [-0.3, -0.25) is 4.79 Å². The third kappa shape index (κ3) is 4.23. The van der Waals surface area contributed by atoms with Crippen molar-refractivity contribution in [3.63, 3.8) is 0 Å². The lowest BCUT2D eigenvalue weighted by Gasteiger charge is -2.39. The minimum Gasteiger partial charge on any atom is -0.369 e. The lowest BCUT2D eigenvalue weighted by atomic mass is 9.98. The number of rotatable bonds is 3. The van der Waals surface area contributed by atoms with Gasteiger partial charge in [0.05, 0.1) is 19.2 Å². The molecular weight excluding hydrogens is 347 g/mol. The molecule has 1 saturated heterocycles. The third-order valence-corrected chi connectivity index (χ3v) is 5.50. The normalized spacial score (nSPS) is 30.0. The van der Waals surface area contributed by atoms with Crippen molar-refractivity contribution in [3.05, 3.63) is 34.9 Å². The van der Waals surface area contributed by atoms with E-state index in [1.54, 1.807) is 0 Å². The fourth-order valence-electron chi connectivity index (χ4n) is 3.69. The summed E-state index contributed by atoms with van der Waals surface area (Å²) < 4.78 is 5.93. The molecule has 4 atom stereocenters. The maximum atomic E-state index is 12.8. The smallest absolute Gasteiger partial charge is 0.223 e. The van der Waals surface area contributed by atoms with Crippen LogP contribution < -0.4 is 5.73 Å². The molecule has 24 heavy (non-hydrogen) atoms. The highest BCUT2D eigenvalue weighted by atomic mass is 35.5. The second-order valence-electron chi connectivity index (χ2n) is 6.80. The van der Waals surface area contributed by atoms with Crippen LogP contribution >= 0.6 is 24.0 Å². The zero-order valence-electron chi connectivity index (χ0n) is 14.0. The van der Waals surface area contributed by atoms with E-state index in [1.165, 1.54) is 0 Å². The number of hydrogen-bond donors (Lipinski definition) is 1. The van der Waals surface area contributed by atoms with E-state index in [9.17, 15) is 4.79 Å². The van der Waals surface area contributed by atoms with Crippen molar-refractivity contribution in [2.45, 2.75) is 50.8 Å². The minimum absolute atomic E-state index is 0. The van der Waals surface area contributed by atoms with Crippen molar-refractivity contribution in [3.8, 4) is 0 Å². The first-order valence-corrected chi connectivity index (χ1v) is 8.85. The molecule has 1 aliphatic heterocycles. The highest BCUT2D eigenvalue weighted by Crippen LogP contribution is 2.32. The second kappa shape index (κ2) is 8.52. The van der Waals surface area contributed by atoms with E-state index >= 15 is 0 Å². The van der Waals surface area contributed by atoms with E-state index in [2.05, 4.69) is 0 Å². The van der Waals surface area contributed by atoms with Crippen molar-refractivity contribution in [1.29, 1.82) is 0 Å². The van der Waals surface area contributed by atoms with Gasteiger partial charge in [-0.05, 0) is 31.7 Å². The van der Waals surface area contributed by atoms with Crippen LogP contribution in [-0.2, 0) is 9.53 Å². The summed E-state index contributed by atoms with van der Waals surface area (Å²) in [5.41, 5.74) is 7.07. The lowest BCUT2D eigenvalue weighted by Crippen LogP contribution is -2.49. The molecule has 2 unspecified atom stereocenters. The summed E-state index contributed by atoms with van der Waals surface area (Å²) in [5.74, 6) is 0.525. The Morgan fingerprint density at radius 1 is 1.38 bits per heavy atom. The minimum atomic E-state index is -0.152. The van der Waals surface area contributed by atoms with Crippen molar-refractivity contribution < 1.29 is 9.53 Å². The molecule has 0 aromatic heterocycles. The number of morpholine rings is 1. The molecule has 6 heteroatoms. The highest BCUT2D eigenvalue weighted by molar-refractivity contribution is 6.31. The van der Waals surface area contributed by atoms with Crippen LogP contribution in [0.4, 0.5) is 0 Å². The van der Waals surface area contributed by atoms with Crippen molar-refractivity contribution in [1.82, 2.24) is 4.90 Å². The third-order valence-electron chi connectivity index (χ3n) is 5.16. The molecule has 2 N–H and O–H groups in total. The van der Waals surface area contributed by atoms with Gasteiger partial charge in [0.25, 0.3) is 0 Å². The van der Waals surface area contributed by atoms with E-state index < -0.39 is 0 Å². The Labute approximate surface area is 155 Å². The topological polar surface area (TPSA) is 55.6 Å². The van der Waals surface area contributed by atoms with Crippen LogP contribution in [0.25, 0.3) is 0 Å². The van der Waals surface area contributed by atoms with E-state index in [0.717, 1.165) is 24.8 Å². The number of amides is 1. The van der Waals surface area contributed by atoms with Crippen molar-refractivity contribution >= 4 is 29.9 Å². The van der Waals surface area contributed by atoms with Gasteiger partial charge in [-0.15, -0.1) is 12.4 Å². The molecule has 2 aliphatic rings. The summed E-state index contributed by atoms with van der Waals surface area (Å²) in [6.07, 6.45) is 3.65. The summed E-state index contributed by atoms with van der Waals surface area (Å²) in [7, 11) is 0. The summed E-state index contributed by atoms with van der Waals surface area (Å²) >= 11 is 6.28. The molecule has 1 aliphatic carbocycles. The summed E-state index contributed by atoms with van der Waals surface area (Å²) in [6, 6.07) is 7.96. The maximum absolute atomic E-state index is 12.8. The number of halogens is 2. The molecule has 0 spiro atoms. The monoisotopic (exact) mass is 372 g/mol. The number of nitrogens with zero attached hydrogens (tertiary/aromatic N) is 1. The van der Waals surface area contributed by atoms with Crippen LogP contribution in [0, 0.1) is 5.92 Å². The average molecular weight is 373 g/mol. The molecule has 2 fully saturated rings. The Morgan fingerprint density at radius 3 is 2.79 bits per heavy atom. The van der Waals surface area contributed by atoms with E-state index in [-0.39, 0.29) is 36.5 Å². The first-order chi connectivity index (χ1) is 11.1. The van der Waals surface area contributed by atoms with E-state index in [1.807, 2.05) is 36.1 Å². The van der Waals surface area contributed by atoms with Crippen molar-refractivity contribution in [2.24, 2.45) is 11.7 Å². The molecule has 1 amide bonds. The SMILES string of the molecule is CC1COC(c2ccccc2Cl)CN1C(=O)C[C@@H]1CCC[C@H]1N.Cl. The van der Waals surface area contributed by atoms with Gasteiger partial charge in [0.2, 0.25) is 5.91 Å². The van der Waals surface area contributed by atoms with Crippen LogP contribution in [0.15, 0.2) is 24.3 Å². The predicted molar refractivity (Wildman–Crippen MR) is 98.5 cm³/mol. The number of hydrogen-bond acceptors (Lipinski definition) is 3. The van der Waals surface area contributed by atoms with E-state index in [4.69, 9.17) is 22.1 Å². The van der Waals surface area contributed by atoms with Gasteiger partial charge in [0.15, 0.2) is 0 Å². The molecule has 134 valence electrons. The molecule has 1 aromatic rings. The van der Waals surface area contributed by atoms with Crippen LogP contribution in [0.2, 0.25) is 5.02 Å². The molecule has 1 heterocycles. The Hall–Kier alpha value is -0.810. The Balaban J connectivity index is 0.00000208. The zero-order chi connectivity index (χ0) is 16.4. The van der Waals surface area contributed by atoms with Gasteiger partial charge in [0, 0.05) is 23.0 Å². The standard InChI is InChI=1S/C18H25ClN2O2.ClH/c1-12-11-23-17(14-6-2-3-7-15(14)19)10-21(12)18(22)9-13-5-4-8-16(13)20;/h2-3,6-7,12-13,16-17H,4-5,8-11,20H2,1H3;1H/t12?,13-,16+,17?;/m0./s1. The molecule has 4 nitrogen and oxygen atoms in total. The van der Waals surface area contributed by atoms with Gasteiger partial charge in [-0.2, -0.15) is 0 Å². The first-order valence-electron chi connectivity index (χ1n) is 8.47. The van der Waals surface area contributed by atoms with Crippen molar-refractivity contribution in [2.75, 3.05) is 13.2 Å². The highest BCUT2D eigenvalue weighted by Gasteiger charge is 2.34. The average Bonchev–Trinajstić information content (AvgIpc) is 2.93. The molecule has 3 rings (SSSR count). The second-order valence-corrected chi connectivity index (χ2v) is 7.20. The molecule has 1 aromatic carbocycles. The number of carbonyl (C=O) groups is 1.